The summed E-state index contributed by atoms with van der Waals surface area (Å²) in [5.74, 6) is 0.760. The second kappa shape index (κ2) is 6.19. The van der Waals surface area contributed by atoms with Gasteiger partial charge < -0.3 is 4.57 Å². The molecule has 0 atom stereocenters. The van der Waals surface area contributed by atoms with Gasteiger partial charge in [-0.25, -0.2) is 14.5 Å². The Morgan fingerprint density at radius 3 is 2.59 bits per heavy atom. The van der Waals surface area contributed by atoms with E-state index in [0.29, 0.717) is 6.04 Å². The summed E-state index contributed by atoms with van der Waals surface area (Å²) in [6.45, 7) is 6.51. The molecule has 1 aliphatic rings. The molecule has 1 aliphatic carbocycles. The summed E-state index contributed by atoms with van der Waals surface area (Å²) in [5, 5.41) is 5.85. The summed E-state index contributed by atoms with van der Waals surface area (Å²) in [5.41, 5.74) is 6.83. The Morgan fingerprint density at radius 2 is 1.81 bits per heavy atom. The van der Waals surface area contributed by atoms with Crippen molar-refractivity contribution in [2.45, 2.75) is 58.9 Å². The highest BCUT2D eigenvalue weighted by molar-refractivity contribution is 5.94. The van der Waals surface area contributed by atoms with Crippen LogP contribution in [-0.2, 0) is 0 Å². The van der Waals surface area contributed by atoms with Crippen LogP contribution in [0, 0.1) is 20.8 Å². The molecule has 0 spiro atoms. The summed E-state index contributed by atoms with van der Waals surface area (Å²) in [6, 6.07) is 8.90. The van der Waals surface area contributed by atoms with Crippen LogP contribution in [0.5, 0.6) is 0 Å². The monoisotopic (exact) mass is 359 g/mol. The van der Waals surface area contributed by atoms with Gasteiger partial charge in [0.25, 0.3) is 0 Å². The summed E-state index contributed by atoms with van der Waals surface area (Å²) in [7, 11) is 0. The Bertz CT molecular complexity index is 1140. The first-order valence-corrected chi connectivity index (χ1v) is 9.93. The minimum absolute atomic E-state index is 0.559. The molecule has 0 N–H and O–H groups in total. The molecule has 5 nitrogen and oxygen atoms in total. The van der Waals surface area contributed by atoms with E-state index >= 15 is 0 Å². The van der Waals surface area contributed by atoms with E-state index in [-0.39, 0.29) is 0 Å². The third-order valence-corrected chi connectivity index (χ3v) is 6.09. The number of hydrogen-bond donors (Lipinski definition) is 0. The third-order valence-electron chi connectivity index (χ3n) is 6.09. The average molecular weight is 359 g/mol. The molecule has 1 saturated carbocycles. The summed E-state index contributed by atoms with van der Waals surface area (Å²) < 4.78 is 4.29. The van der Waals surface area contributed by atoms with Gasteiger partial charge >= 0.3 is 0 Å². The molecule has 0 amide bonds. The van der Waals surface area contributed by atoms with Crippen LogP contribution in [0.2, 0.25) is 0 Å². The largest absolute Gasteiger partial charge is 0.326 e. The molecule has 1 fully saturated rings. The predicted octanol–water partition coefficient (Wildman–Crippen LogP) is 5.18. The summed E-state index contributed by atoms with van der Waals surface area (Å²) >= 11 is 0. The van der Waals surface area contributed by atoms with E-state index in [4.69, 9.17) is 15.1 Å². The van der Waals surface area contributed by atoms with Crippen LogP contribution in [0.4, 0.5) is 0 Å². The molecule has 5 heteroatoms. The third kappa shape index (κ3) is 2.56. The van der Waals surface area contributed by atoms with Crippen LogP contribution in [0.1, 0.15) is 55.0 Å². The molecule has 0 aliphatic heterocycles. The Balaban J connectivity index is 1.73. The second-order valence-corrected chi connectivity index (χ2v) is 7.89. The van der Waals surface area contributed by atoms with Crippen LogP contribution < -0.4 is 0 Å². The quantitative estimate of drug-likeness (QED) is 0.496. The molecule has 0 unspecified atom stereocenters. The minimum atomic E-state index is 0.559. The number of aromatic nitrogens is 5. The van der Waals surface area contributed by atoms with Crippen molar-refractivity contribution in [1.29, 1.82) is 0 Å². The van der Waals surface area contributed by atoms with E-state index in [1.807, 2.05) is 10.8 Å². The van der Waals surface area contributed by atoms with E-state index in [2.05, 4.69) is 49.6 Å². The second-order valence-electron chi connectivity index (χ2n) is 7.89. The van der Waals surface area contributed by atoms with Gasteiger partial charge in [-0.15, -0.1) is 5.10 Å². The fourth-order valence-corrected chi connectivity index (χ4v) is 4.58. The standard InChI is InChI=1S/C22H25N5/c1-14-8-7-9-17(12-14)20-24-22-19-15(2)16(3)27(18-10-5-4-6-11-18)21(19)23-13-26(22)25-20/h7-9,12-13,18H,4-6,10-11H2,1-3H3. The average Bonchev–Trinajstić information content (AvgIpc) is 3.22. The van der Waals surface area contributed by atoms with Crippen LogP contribution in [0.15, 0.2) is 30.6 Å². The number of rotatable bonds is 2. The van der Waals surface area contributed by atoms with Gasteiger partial charge in [0, 0.05) is 17.3 Å². The number of benzene rings is 1. The van der Waals surface area contributed by atoms with Crippen molar-refractivity contribution in [2.24, 2.45) is 0 Å². The molecule has 0 bridgehead atoms. The molecule has 3 heterocycles. The first-order chi connectivity index (χ1) is 13.1. The predicted molar refractivity (Wildman–Crippen MR) is 108 cm³/mol. The van der Waals surface area contributed by atoms with Crippen molar-refractivity contribution >= 4 is 16.7 Å². The highest BCUT2D eigenvalue weighted by Gasteiger charge is 2.24. The fraction of sp³-hybridized carbons (Fsp3) is 0.409. The number of fused-ring (bicyclic) bond motifs is 3. The highest BCUT2D eigenvalue weighted by Crippen LogP contribution is 2.36. The van der Waals surface area contributed by atoms with Crippen molar-refractivity contribution in [3.63, 3.8) is 0 Å². The highest BCUT2D eigenvalue weighted by atomic mass is 15.3. The molecule has 0 radical (unpaired) electrons. The lowest BCUT2D eigenvalue weighted by Gasteiger charge is -2.25. The lowest BCUT2D eigenvalue weighted by molar-refractivity contribution is 0.355. The molecule has 138 valence electrons. The van der Waals surface area contributed by atoms with Gasteiger partial charge in [0.05, 0.1) is 5.39 Å². The van der Waals surface area contributed by atoms with Gasteiger partial charge in [-0.1, -0.05) is 43.0 Å². The zero-order chi connectivity index (χ0) is 18.5. The normalized spacial score (nSPS) is 15.8. The topological polar surface area (TPSA) is 48.0 Å². The Morgan fingerprint density at radius 1 is 1.00 bits per heavy atom. The Labute approximate surface area is 159 Å². The van der Waals surface area contributed by atoms with Gasteiger partial charge in [-0.05, 0) is 45.2 Å². The SMILES string of the molecule is Cc1cccc(-c2nc3c4c(C)c(C)n(C5CCCCC5)c4ncn3n2)c1. The molecule has 27 heavy (non-hydrogen) atoms. The van der Waals surface area contributed by atoms with Crippen molar-refractivity contribution in [3.05, 3.63) is 47.4 Å². The van der Waals surface area contributed by atoms with E-state index in [0.717, 1.165) is 28.1 Å². The van der Waals surface area contributed by atoms with Crippen molar-refractivity contribution in [3.8, 4) is 11.4 Å². The number of nitrogens with zero attached hydrogens (tertiary/aromatic N) is 5. The van der Waals surface area contributed by atoms with Gasteiger partial charge in [-0.2, -0.15) is 0 Å². The van der Waals surface area contributed by atoms with Crippen LogP contribution in [-0.4, -0.2) is 24.1 Å². The first-order valence-electron chi connectivity index (χ1n) is 9.93. The van der Waals surface area contributed by atoms with E-state index in [9.17, 15) is 0 Å². The van der Waals surface area contributed by atoms with Gasteiger partial charge in [-0.3, -0.25) is 0 Å². The number of aryl methyl sites for hydroxylation is 2. The van der Waals surface area contributed by atoms with Crippen molar-refractivity contribution < 1.29 is 0 Å². The Kier molecular flexibility index (Phi) is 3.78. The molecule has 1 aromatic carbocycles. The zero-order valence-electron chi connectivity index (χ0n) is 16.2. The van der Waals surface area contributed by atoms with Gasteiger partial charge in [0.2, 0.25) is 0 Å². The van der Waals surface area contributed by atoms with Gasteiger partial charge in [0.15, 0.2) is 11.5 Å². The van der Waals surface area contributed by atoms with E-state index in [1.54, 1.807) is 0 Å². The maximum atomic E-state index is 4.91. The first kappa shape index (κ1) is 16.5. The van der Waals surface area contributed by atoms with E-state index in [1.165, 1.54) is 48.9 Å². The summed E-state index contributed by atoms with van der Waals surface area (Å²) in [4.78, 5) is 9.73. The maximum absolute atomic E-state index is 4.91. The van der Waals surface area contributed by atoms with Crippen LogP contribution in [0.3, 0.4) is 0 Å². The fourth-order valence-electron chi connectivity index (χ4n) is 4.58. The molecular weight excluding hydrogens is 334 g/mol. The van der Waals surface area contributed by atoms with E-state index < -0.39 is 0 Å². The Hall–Kier alpha value is -2.69. The van der Waals surface area contributed by atoms with Crippen molar-refractivity contribution in [2.75, 3.05) is 0 Å². The minimum Gasteiger partial charge on any atom is -0.326 e. The summed E-state index contributed by atoms with van der Waals surface area (Å²) in [6.07, 6.45) is 8.30. The lowest BCUT2D eigenvalue weighted by Crippen LogP contribution is -2.14. The molecule has 0 saturated heterocycles. The molecule has 4 aromatic rings. The lowest BCUT2D eigenvalue weighted by atomic mass is 9.95. The molecular formula is C22H25N5. The van der Waals surface area contributed by atoms with Gasteiger partial charge in [0.1, 0.15) is 12.0 Å². The molecule has 3 aromatic heterocycles. The van der Waals surface area contributed by atoms with Crippen molar-refractivity contribution in [1.82, 2.24) is 24.1 Å². The maximum Gasteiger partial charge on any atom is 0.182 e. The van der Waals surface area contributed by atoms with Crippen LogP contribution >= 0.6 is 0 Å². The zero-order valence-corrected chi connectivity index (χ0v) is 16.2. The smallest absolute Gasteiger partial charge is 0.182 e. The van der Waals surface area contributed by atoms with Crippen LogP contribution in [0.25, 0.3) is 28.1 Å². The molecule has 5 rings (SSSR count). The number of hydrogen-bond acceptors (Lipinski definition) is 3.